The van der Waals surface area contributed by atoms with Gasteiger partial charge in [0.05, 0.1) is 6.61 Å². The molecule has 9 nitrogen and oxygen atoms in total. The second-order valence-corrected chi connectivity index (χ2v) is 2.70. The first-order valence-electron chi connectivity index (χ1n) is 3.87. The highest BCUT2D eigenvalue weighted by Gasteiger charge is 2.33. The number of rotatable bonds is 5. The molecule has 0 radical (unpaired) electrons. The average Bonchev–Trinajstić information content (AvgIpc) is 2.25. The Morgan fingerprint density at radius 3 is 2.20 bits per heavy atom. The molecule has 0 spiro atoms. The third kappa shape index (κ3) is 3.80. The van der Waals surface area contributed by atoms with E-state index < -0.39 is 36.9 Å². The molecule has 0 aromatic heterocycles. The van der Waals surface area contributed by atoms with Gasteiger partial charge >= 0.3 is 0 Å². The Morgan fingerprint density at radius 1 is 1.27 bits per heavy atom. The average molecular weight is 221 g/mol. The molecule has 0 bridgehead atoms. The molecule has 1 amide bonds. The summed E-state index contributed by atoms with van der Waals surface area (Å²) in [6, 6.07) is 0. The summed E-state index contributed by atoms with van der Waals surface area (Å²) in [5, 5.41) is 47.0. The number of amides is 1. The molecule has 0 saturated heterocycles. The number of hydrogen-bond donors (Lipinski definition) is 5. The number of hydrogen-bond acceptors (Lipinski definition) is 6. The molecular formula is C6H11N3O6. The number of carbonyl (C=O) groups is 1. The molecule has 0 heterocycles. The van der Waals surface area contributed by atoms with Crippen molar-refractivity contribution >= 4 is 5.91 Å². The van der Waals surface area contributed by atoms with E-state index in [1.54, 1.807) is 0 Å². The quantitative estimate of drug-likeness (QED) is 0.192. The van der Waals surface area contributed by atoms with Crippen LogP contribution in [0.2, 0.25) is 0 Å². The number of azide groups is 1. The number of nitrogens with zero attached hydrogens (tertiary/aromatic N) is 3. The van der Waals surface area contributed by atoms with Gasteiger partial charge in [-0.25, -0.2) is 0 Å². The fraction of sp³-hybridized carbons (Fsp3) is 0.833. The lowest BCUT2D eigenvalue weighted by Gasteiger charge is -2.23. The van der Waals surface area contributed by atoms with Gasteiger partial charge in [0.2, 0.25) is 5.91 Å². The van der Waals surface area contributed by atoms with Crippen LogP contribution in [0, 0.1) is 0 Å². The van der Waals surface area contributed by atoms with Gasteiger partial charge in [0, 0.05) is 4.91 Å². The van der Waals surface area contributed by atoms with Crippen molar-refractivity contribution in [1.29, 1.82) is 0 Å². The van der Waals surface area contributed by atoms with Crippen LogP contribution in [-0.2, 0) is 4.79 Å². The largest absolute Gasteiger partial charge is 0.394 e. The normalized spacial score (nSPS) is 18.5. The monoisotopic (exact) mass is 221 g/mol. The Morgan fingerprint density at radius 2 is 1.80 bits per heavy atom. The number of aliphatic hydroxyl groups is 5. The first-order chi connectivity index (χ1) is 6.95. The zero-order valence-corrected chi connectivity index (χ0v) is 7.50. The van der Waals surface area contributed by atoms with Crippen molar-refractivity contribution in [3.8, 4) is 0 Å². The van der Waals surface area contributed by atoms with Gasteiger partial charge in [-0.1, -0.05) is 0 Å². The first-order valence-corrected chi connectivity index (χ1v) is 3.87. The molecule has 0 fully saturated rings. The van der Waals surface area contributed by atoms with Gasteiger partial charge in [-0.05, 0) is 10.6 Å². The number of aliphatic hydroxyl groups excluding tert-OH is 5. The summed E-state index contributed by atoms with van der Waals surface area (Å²) >= 11 is 0. The fourth-order valence-electron chi connectivity index (χ4n) is 0.772. The highest BCUT2D eigenvalue weighted by molar-refractivity contribution is 5.81. The summed E-state index contributed by atoms with van der Waals surface area (Å²) in [5.41, 5.74) is 7.85. The van der Waals surface area contributed by atoms with Crippen LogP contribution in [0.25, 0.3) is 10.4 Å². The molecule has 0 aromatic carbocycles. The van der Waals surface area contributed by atoms with E-state index >= 15 is 0 Å². The van der Waals surface area contributed by atoms with E-state index in [1.807, 2.05) is 0 Å². The van der Waals surface area contributed by atoms with E-state index in [0.29, 0.717) is 0 Å². The molecule has 0 saturated carbocycles. The predicted octanol–water partition coefficient (Wildman–Crippen LogP) is -2.74. The Labute approximate surface area is 83.8 Å². The molecule has 0 aliphatic carbocycles. The maximum absolute atomic E-state index is 10.7. The summed E-state index contributed by atoms with van der Waals surface area (Å²) in [6.45, 7) is -0.860. The Hall–Kier alpha value is -1.22. The molecule has 0 aliphatic rings. The van der Waals surface area contributed by atoms with Crippen molar-refractivity contribution in [2.45, 2.75) is 24.4 Å². The smallest absolute Gasteiger partial charge is 0.250 e. The topological polar surface area (TPSA) is 167 Å². The van der Waals surface area contributed by atoms with E-state index in [0.717, 1.165) is 0 Å². The van der Waals surface area contributed by atoms with Crippen molar-refractivity contribution < 1.29 is 30.3 Å². The number of carbonyl (C=O) groups excluding carboxylic acids is 1. The SMILES string of the molecule is [N-]=[N+]=NC(=O)C(O)C(O)C(O)C(O)CO. The highest BCUT2D eigenvalue weighted by atomic mass is 16.4. The lowest BCUT2D eigenvalue weighted by Crippen LogP contribution is -2.48. The predicted molar refractivity (Wildman–Crippen MR) is 45.3 cm³/mol. The van der Waals surface area contributed by atoms with Gasteiger partial charge in [-0.3, -0.25) is 4.79 Å². The van der Waals surface area contributed by atoms with Crippen molar-refractivity contribution in [3.05, 3.63) is 10.4 Å². The third-order valence-electron chi connectivity index (χ3n) is 1.65. The van der Waals surface area contributed by atoms with E-state index in [2.05, 4.69) is 10.0 Å². The summed E-state index contributed by atoms with van der Waals surface area (Å²) in [5.74, 6) is -1.39. The zero-order chi connectivity index (χ0) is 12.0. The van der Waals surface area contributed by atoms with E-state index in [4.69, 9.17) is 31.1 Å². The molecule has 0 aliphatic heterocycles. The molecule has 4 unspecified atom stereocenters. The summed E-state index contributed by atoms with van der Waals surface area (Å²) in [6.07, 6.45) is -7.85. The maximum Gasteiger partial charge on any atom is 0.250 e. The van der Waals surface area contributed by atoms with Crippen LogP contribution in [0.3, 0.4) is 0 Å². The van der Waals surface area contributed by atoms with Gasteiger partial charge < -0.3 is 25.5 Å². The van der Waals surface area contributed by atoms with Crippen LogP contribution < -0.4 is 0 Å². The van der Waals surface area contributed by atoms with Gasteiger partial charge in [-0.15, -0.1) is 0 Å². The lowest BCUT2D eigenvalue weighted by atomic mass is 10.0. The molecule has 15 heavy (non-hydrogen) atoms. The molecular weight excluding hydrogens is 210 g/mol. The molecule has 86 valence electrons. The van der Waals surface area contributed by atoms with Crippen LogP contribution in [0.1, 0.15) is 0 Å². The van der Waals surface area contributed by atoms with Crippen LogP contribution in [0.15, 0.2) is 5.11 Å². The Bertz CT molecular complexity index is 266. The second-order valence-electron chi connectivity index (χ2n) is 2.70. The minimum atomic E-state index is -2.16. The van der Waals surface area contributed by atoms with Gasteiger partial charge in [-0.2, -0.15) is 0 Å². The molecule has 4 atom stereocenters. The molecule has 0 rings (SSSR count). The van der Waals surface area contributed by atoms with Crippen LogP contribution >= 0.6 is 0 Å². The van der Waals surface area contributed by atoms with Crippen molar-refractivity contribution in [3.63, 3.8) is 0 Å². The second kappa shape index (κ2) is 6.30. The first kappa shape index (κ1) is 13.8. The van der Waals surface area contributed by atoms with Crippen LogP contribution in [-0.4, -0.2) is 62.5 Å². The van der Waals surface area contributed by atoms with Crippen molar-refractivity contribution in [2.75, 3.05) is 6.61 Å². The van der Waals surface area contributed by atoms with Crippen LogP contribution in [0.5, 0.6) is 0 Å². The zero-order valence-electron chi connectivity index (χ0n) is 7.50. The fourth-order valence-corrected chi connectivity index (χ4v) is 0.772. The lowest BCUT2D eigenvalue weighted by molar-refractivity contribution is -0.145. The summed E-state index contributed by atoms with van der Waals surface area (Å²) in [7, 11) is 0. The van der Waals surface area contributed by atoms with E-state index in [9.17, 15) is 4.79 Å². The van der Waals surface area contributed by atoms with Gasteiger partial charge in [0.25, 0.3) is 0 Å². The Balaban J connectivity index is 4.49. The van der Waals surface area contributed by atoms with E-state index in [1.165, 1.54) is 0 Å². The molecule has 0 aromatic rings. The third-order valence-corrected chi connectivity index (χ3v) is 1.65. The summed E-state index contributed by atoms with van der Waals surface area (Å²) < 4.78 is 0. The standard InChI is InChI=1S/C6H11N3O6/c7-9-8-6(15)5(14)4(13)3(12)2(11)1-10/h2-5,10-14H,1H2. The minimum Gasteiger partial charge on any atom is -0.394 e. The summed E-state index contributed by atoms with van der Waals surface area (Å²) in [4.78, 5) is 12.8. The van der Waals surface area contributed by atoms with Gasteiger partial charge in [0.15, 0.2) is 0 Å². The molecule has 5 N–H and O–H groups in total. The Kier molecular flexibility index (Phi) is 5.79. The minimum absolute atomic E-state index is 0.860. The van der Waals surface area contributed by atoms with Crippen molar-refractivity contribution in [2.24, 2.45) is 5.11 Å². The maximum atomic E-state index is 10.7. The van der Waals surface area contributed by atoms with Crippen LogP contribution in [0.4, 0.5) is 0 Å². The highest BCUT2D eigenvalue weighted by Crippen LogP contribution is 2.06. The van der Waals surface area contributed by atoms with E-state index in [-0.39, 0.29) is 0 Å². The van der Waals surface area contributed by atoms with Crippen molar-refractivity contribution in [1.82, 2.24) is 0 Å². The van der Waals surface area contributed by atoms with Gasteiger partial charge in [0.1, 0.15) is 24.4 Å². The molecule has 9 heteroatoms.